The van der Waals surface area contributed by atoms with Gasteiger partial charge in [0.05, 0.1) is 39.6 Å². The number of benzene rings is 2. The van der Waals surface area contributed by atoms with Crippen molar-refractivity contribution in [3.63, 3.8) is 0 Å². The molecule has 0 saturated carbocycles. The van der Waals surface area contributed by atoms with Crippen molar-refractivity contribution in [2.75, 3.05) is 62.7 Å². The van der Waals surface area contributed by atoms with Gasteiger partial charge in [0.1, 0.15) is 11.7 Å². The molecule has 1 aliphatic heterocycles. The Morgan fingerprint density at radius 1 is 0.735 bits per heavy atom. The molecular weight excluding hydrogens is 486 g/mol. The summed E-state index contributed by atoms with van der Waals surface area (Å²) < 4.78 is 27.0. The fourth-order valence-corrected chi connectivity index (χ4v) is 5.81. The summed E-state index contributed by atoms with van der Waals surface area (Å²) in [5, 5.41) is 1.21. The third-order valence-corrected chi connectivity index (χ3v) is 8.25. The molecule has 0 unspecified atom stereocenters. The SMILES string of the molecule is C[n+]1c(/C=C/c2ccc3c(c2)OCCSCCOCCOCCSCCO3)sc2ccccc21. The van der Waals surface area contributed by atoms with Crippen molar-refractivity contribution in [1.82, 2.24) is 0 Å². The molecule has 2 aromatic carbocycles. The molecule has 5 nitrogen and oxygen atoms in total. The summed E-state index contributed by atoms with van der Waals surface area (Å²) in [6.45, 7) is 4.09. The zero-order valence-electron chi connectivity index (χ0n) is 19.6. The summed E-state index contributed by atoms with van der Waals surface area (Å²) in [6, 6.07) is 14.7. The first kappa shape index (κ1) is 25.4. The van der Waals surface area contributed by atoms with E-state index in [0.717, 1.165) is 53.3 Å². The highest BCUT2D eigenvalue weighted by atomic mass is 32.2. The molecule has 8 heteroatoms. The van der Waals surface area contributed by atoms with E-state index in [4.69, 9.17) is 18.9 Å². The van der Waals surface area contributed by atoms with Gasteiger partial charge < -0.3 is 18.9 Å². The number of hydrogen-bond acceptors (Lipinski definition) is 7. The molecule has 0 saturated heterocycles. The Morgan fingerprint density at radius 2 is 1.41 bits per heavy atom. The predicted octanol–water partition coefficient (Wildman–Crippen LogP) is 5.17. The third kappa shape index (κ3) is 7.65. The molecule has 0 amide bonds. The monoisotopic (exact) mass is 518 g/mol. The van der Waals surface area contributed by atoms with Gasteiger partial charge in [0.2, 0.25) is 5.52 Å². The normalized spacial score (nSPS) is 17.4. The van der Waals surface area contributed by atoms with Crippen LogP contribution in [-0.2, 0) is 16.5 Å². The van der Waals surface area contributed by atoms with Gasteiger partial charge in [0.15, 0.2) is 11.5 Å². The van der Waals surface area contributed by atoms with Crippen LogP contribution in [-0.4, -0.2) is 62.7 Å². The van der Waals surface area contributed by atoms with Gasteiger partial charge in [-0.15, -0.1) is 0 Å². The first-order valence-corrected chi connectivity index (χ1v) is 14.7. The van der Waals surface area contributed by atoms with Crippen LogP contribution in [0.4, 0.5) is 0 Å². The molecule has 0 bridgehead atoms. The first-order valence-electron chi connectivity index (χ1n) is 11.6. The van der Waals surface area contributed by atoms with E-state index in [1.165, 1.54) is 15.2 Å². The Kier molecular flexibility index (Phi) is 10.4. The van der Waals surface area contributed by atoms with E-state index >= 15 is 0 Å². The lowest BCUT2D eigenvalue weighted by molar-refractivity contribution is -0.642. The van der Waals surface area contributed by atoms with Crippen LogP contribution in [0, 0.1) is 0 Å². The Bertz CT molecular complexity index is 1070. The zero-order valence-corrected chi connectivity index (χ0v) is 22.0. The lowest BCUT2D eigenvalue weighted by Gasteiger charge is -2.14. The van der Waals surface area contributed by atoms with E-state index in [1.807, 2.05) is 29.6 Å². The average Bonchev–Trinajstić information content (AvgIpc) is 3.18. The summed E-state index contributed by atoms with van der Waals surface area (Å²) in [7, 11) is 2.11. The van der Waals surface area contributed by atoms with Crippen LogP contribution < -0.4 is 14.0 Å². The van der Waals surface area contributed by atoms with Gasteiger partial charge in [0.25, 0.3) is 5.01 Å². The van der Waals surface area contributed by atoms with Gasteiger partial charge in [-0.3, -0.25) is 0 Å². The molecule has 2 heterocycles. The number of aromatic nitrogens is 1. The topological polar surface area (TPSA) is 40.8 Å². The largest absolute Gasteiger partial charge is 0.489 e. The van der Waals surface area contributed by atoms with Gasteiger partial charge in [-0.05, 0) is 29.8 Å². The molecule has 3 aromatic rings. The number of aryl methyl sites for hydroxylation is 1. The molecule has 0 radical (unpaired) electrons. The summed E-state index contributed by atoms with van der Waals surface area (Å²) in [6.07, 6.45) is 4.31. The quantitative estimate of drug-likeness (QED) is 0.436. The van der Waals surface area contributed by atoms with Crippen LogP contribution in [0.25, 0.3) is 22.4 Å². The number of ether oxygens (including phenoxy) is 4. The Balaban J connectivity index is 1.43. The minimum absolute atomic E-state index is 0.636. The van der Waals surface area contributed by atoms with Crippen LogP contribution in [0.5, 0.6) is 11.5 Å². The summed E-state index contributed by atoms with van der Waals surface area (Å²) in [4.78, 5) is 0. The number of nitrogens with zero attached hydrogens (tertiary/aromatic N) is 1. The Hall–Kier alpha value is -1.71. The van der Waals surface area contributed by atoms with Gasteiger partial charge in [-0.1, -0.05) is 29.5 Å². The number of hydrogen-bond donors (Lipinski definition) is 0. The van der Waals surface area contributed by atoms with Crippen molar-refractivity contribution >= 4 is 57.2 Å². The second-order valence-electron chi connectivity index (χ2n) is 7.65. The van der Waals surface area contributed by atoms with Crippen molar-refractivity contribution in [2.45, 2.75) is 0 Å². The van der Waals surface area contributed by atoms with E-state index in [2.05, 4.69) is 60.2 Å². The lowest BCUT2D eigenvalue weighted by Crippen LogP contribution is -2.28. The number of rotatable bonds is 2. The molecule has 0 spiro atoms. The number of thiazole rings is 1. The fraction of sp³-hybridized carbons (Fsp3) is 0.423. The molecule has 34 heavy (non-hydrogen) atoms. The number of para-hydroxylation sites is 1. The van der Waals surface area contributed by atoms with Crippen LogP contribution in [0.15, 0.2) is 42.5 Å². The maximum atomic E-state index is 6.15. The van der Waals surface area contributed by atoms with Crippen LogP contribution >= 0.6 is 34.9 Å². The number of fused-ring (bicyclic) bond motifs is 2. The highest BCUT2D eigenvalue weighted by Gasteiger charge is 2.13. The van der Waals surface area contributed by atoms with Gasteiger partial charge in [-0.25, -0.2) is 0 Å². The van der Waals surface area contributed by atoms with Crippen molar-refractivity contribution < 1.29 is 23.5 Å². The lowest BCUT2D eigenvalue weighted by atomic mass is 10.2. The molecule has 1 aliphatic rings. The second kappa shape index (κ2) is 14.0. The van der Waals surface area contributed by atoms with Crippen molar-refractivity contribution in [3.8, 4) is 11.5 Å². The Labute approximate surface area is 214 Å². The van der Waals surface area contributed by atoms with E-state index in [1.54, 1.807) is 11.3 Å². The van der Waals surface area contributed by atoms with E-state index in [-0.39, 0.29) is 0 Å². The fourth-order valence-electron chi connectivity index (χ4n) is 3.48. The van der Waals surface area contributed by atoms with E-state index < -0.39 is 0 Å². The third-order valence-electron chi connectivity index (χ3n) is 5.24. The van der Waals surface area contributed by atoms with E-state index in [9.17, 15) is 0 Å². The highest BCUT2D eigenvalue weighted by Crippen LogP contribution is 2.30. The summed E-state index contributed by atoms with van der Waals surface area (Å²) in [5.74, 6) is 5.34. The van der Waals surface area contributed by atoms with Crippen molar-refractivity contribution in [2.24, 2.45) is 7.05 Å². The molecule has 0 atom stereocenters. The zero-order chi connectivity index (χ0) is 23.4. The van der Waals surface area contributed by atoms with Crippen molar-refractivity contribution in [3.05, 3.63) is 53.0 Å². The summed E-state index contributed by atoms with van der Waals surface area (Å²) in [5.41, 5.74) is 2.34. The van der Waals surface area contributed by atoms with Gasteiger partial charge in [-0.2, -0.15) is 28.1 Å². The molecule has 4 rings (SSSR count). The minimum Gasteiger partial charge on any atom is -0.489 e. The molecule has 0 fully saturated rings. The predicted molar refractivity (Wildman–Crippen MR) is 146 cm³/mol. The molecule has 0 N–H and O–H groups in total. The maximum absolute atomic E-state index is 6.15. The first-order chi connectivity index (χ1) is 16.8. The average molecular weight is 519 g/mol. The van der Waals surface area contributed by atoms with Gasteiger partial charge >= 0.3 is 0 Å². The van der Waals surface area contributed by atoms with Crippen LogP contribution in [0.2, 0.25) is 0 Å². The van der Waals surface area contributed by atoms with Crippen LogP contribution in [0.1, 0.15) is 10.6 Å². The molecule has 182 valence electrons. The minimum atomic E-state index is 0.636. The van der Waals surface area contributed by atoms with E-state index in [0.29, 0.717) is 26.4 Å². The maximum Gasteiger partial charge on any atom is 0.262 e. The number of thioether (sulfide) groups is 2. The van der Waals surface area contributed by atoms with Crippen molar-refractivity contribution in [1.29, 1.82) is 0 Å². The van der Waals surface area contributed by atoms with Gasteiger partial charge in [0, 0.05) is 35.2 Å². The van der Waals surface area contributed by atoms with Crippen LogP contribution in [0.3, 0.4) is 0 Å². The molecular formula is C26H32NO4S3+. The molecule has 0 aliphatic carbocycles. The standard InChI is InChI=1S/C26H32NO4S3/c1-27-22-4-2-3-5-25(22)34-26(27)9-7-21-6-8-23-24(20-21)31-15-19-33-17-13-29-11-10-28-12-16-32-18-14-30-23/h2-9,20H,10-19H2,1H3/q+1/b9-7+. The highest BCUT2D eigenvalue weighted by molar-refractivity contribution is 7.99. The Morgan fingerprint density at radius 3 is 2.15 bits per heavy atom. The summed E-state index contributed by atoms with van der Waals surface area (Å²) >= 11 is 5.46. The molecule has 1 aromatic heterocycles. The smallest absolute Gasteiger partial charge is 0.262 e. The second-order valence-corrected chi connectivity index (χ2v) is 11.2.